The predicted octanol–water partition coefficient (Wildman–Crippen LogP) is 4.22. The standard InChI is InChI=1S/C23H33N3O4S2/c1-3-4-16-32(28,29)20-11-14-26(15-12-20)13-5-6-22(27)25-23-24-21(17-31-23)18-7-9-19(30-2)10-8-18/h7-10,17,20H,3-6,11-16H2,1-2H3,(H,24,25,27). The number of sulfone groups is 1. The van der Waals surface area contributed by atoms with Gasteiger partial charge in [-0.15, -0.1) is 11.3 Å². The van der Waals surface area contributed by atoms with Crippen LogP contribution in [0.3, 0.4) is 0 Å². The molecule has 32 heavy (non-hydrogen) atoms. The average molecular weight is 480 g/mol. The first kappa shape index (κ1) is 24.7. The van der Waals surface area contributed by atoms with E-state index in [-0.39, 0.29) is 11.2 Å². The molecule has 9 heteroatoms. The van der Waals surface area contributed by atoms with Crippen molar-refractivity contribution in [1.29, 1.82) is 0 Å². The van der Waals surface area contributed by atoms with Gasteiger partial charge in [-0.2, -0.15) is 0 Å². The number of carbonyl (C=O) groups is 1. The number of amides is 1. The second kappa shape index (κ2) is 11.8. The van der Waals surface area contributed by atoms with Crippen LogP contribution in [0.4, 0.5) is 5.13 Å². The molecule has 0 unspecified atom stereocenters. The quantitative estimate of drug-likeness (QED) is 0.519. The van der Waals surface area contributed by atoms with Crippen LogP contribution in [0.2, 0.25) is 0 Å². The molecule has 0 spiro atoms. The van der Waals surface area contributed by atoms with Gasteiger partial charge in [-0.3, -0.25) is 4.79 Å². The van der Waals surface area contributed by atoms with Crippen LogP contribution in [0.5, 0.6) is 5.75 Å². The minimum absolute atomic E-state index is 0.0438. The molecule has 176 valence electrons. The molecule has 7 nitrogen and oxygen atoms in total. The average Bonchev–Trinajstić information content (AvgIpc) is 3.26. The van der Waals surface area contributed by atoms with Crippen molar-refractivity contribution in [3.05, 3.63) is 29.6 Å². The zero-order chi connectivity index (χ0) is 23.0. The summed E-state index contributed by atoms with van der Waals surface area (Å²) in [6.45, 7) is 4.40. The molecular formula is C23H33N3O4S2. The lowest BCUT2D eigenvalue weighted by atomic mass is 10.1. The molecule has 1 aliphatic heterocycles. The fourth-order valence-electron chi connectivity index (χ4n) is 3.87. The Hall–Kier alpha value is -1.97. The molecule has 3 rings (SSSR count). The van der Waals surface area contributed by atoms with E-state index in [0.29, 0.717) is 30.1 Å². The number of ether oxygens (including phenoxy) is 1. The van der Waals surface area contributed by atoms with E-state index in [0.717, 1.165) is 55.9 Å². The summed E-state index contributed by atoms with van der Waals surface area (Å²) in [4.78, 5) is 19.1. The Kier molecular flexibility index (Phi) is 9.07. The minimum atomic E-state index is -2.96. The van der Waals surface area contributed by atoms with Crippen LogP contribution < -0.4 is 10.1 Å². The van der Waals surface area contributed by atoms with E-state index in [9.17, 15) is 13.2 Å². The Balaban J connectivity index is 1.37. The highest BCUT2D eigenvalue weighted by molar-refractivity contribution is 7.92. The third kappa shape index (κ3) is 7.02. The summed E-state index contributed by atoms with van der Waals surface area (Å²) in [5.41, 5.74) is 1.80. The number of aromatic nitrogens is 1. The van der Waals surface area contributed by atoms with Crippen molar-refractivity contribution in [2.45, 2.75) is 50.7 Å². The van der Waals surface area contributed by atoms with Crippen LogP contribution in [0.1, 0.15) is 45.4 Å². The second-order valence-corrected chi connectivity index (χ2v) is 11.4. The molecule has 1 N–H and O–H groups in total. The predicted molar refractivity (Wildman–Crippen MR) is 130 cm³/mol. The zero-order valence-corrected chi connectivity index (χ0v) is 20.5. The molecule has 0 atom stereocenters. The van der Waals surface area contributed by atoms with Crippen molar-refractivity contribution < 1.29 is 17.9 Å². The van der Waals surface area contributed by atoms with Crippen LogP contribution >= 0.6 is 11.3 Å². The maximum atomic E-state index is 12.4. The largest absolute Gasteiger partial charge is 0.497 e. The topological polar surface area (TPSA) is 88.6 Å². The number of unbranched alkanes of at least 4 members (excludes halogenated alkanes) is 1. The number of nitrogens with zero attached hydrogens (tertiary/aromatic N) is 2. The highest BCUT2D eigenvalue weighted by Gasteiger charge is 2.29. The number of hydrogen-bond donors (Lipinski definition) is 1. The smallest absolute Gasteiger partial charge is 0.226 e. The molecule has 1 saturated heterocycles. The monoisotopic (exact) mass is 479 g/mol. The lowest BCUT2D eigenvalue weighted by Crippen LogP contribution is -2.40. The van der Waals surface area contributed by atoms with Gasteiger partial charge >= 0.3 is 0 Å². The van der Waals surface area contributed by atoms with Crippen molar-refractivity contribution in [1.82, 2.24) is 9.88 Å². The Labute approximate surface area is 195 Å². The van der Waals surface area contributed by atoms with Gasteiger partial charge in [0.25, 0.3) is 0 Å². The first-order valence-electron chi connectivity index (χ1n) is 11.2. The summed E-state index contributed by atoms with van der Waals surface area (Å²) in [5, 5.41) is 5.21. The Morgan fingerprint density at radius 1 is 1.22 bits per heavy atom. The molecule has 1 aliphatic rings. The third-order valence-electron chi connectivity index (χ3n) is 5.84. The number of benzene rings is 1. The summed E-state index contributed by atoms with van der Waals surface area (Å²) < 4.78 is 29.9. The van der Waals surface area contributed by atoms with E-state index in [4.69, 9.17) is 4.74 Å². The Morgan fingerprint density at radius 2 is 1.94 bits per heavy atom. The van der Waals surface area contributed by atoms with Crippen LogP contribution in [0.15, 0.2) is 29.6 Å². The van der Waals surface area contributed by atoms with Gasteiger partial charge in [0.2, 0.25) is 5.91 Å². The maximum Gasteiger partial charge on any atom is 0.226 e. The zero-order valence-electron chi connectivity index (χ0n) is 18.9. The summed E-state index contributed by atoms with van der Waals surface area (Å²) in [5.74, 6) is 1.06. The van der Waals surface area contributed by atoms with Gasteiger partial charge in [0.1, 0.15) is 5.75 Å². The molecule has 1 aromatic heterocycles. The molecule has 0 aliphatic carbocycles. The Morgan fingerprint density at radius 3 is 2.59 bits per heavy atom. The van der Waals surface area contributed by atoms with Crippen LogP contribution in [-0.2, 0) is 14.6 Å². The fourth-order valence-corrected chi connectivity index (χ4v) is 6.56. The number of nitrogens with one attached hydrogen (secondary N) is 1. The van der Waals surface area contributed by atoms with Gasteiger partial charge in [-0.1, -0.05) is 13.3 Å². The highest BCUT2D eigenvalue weighted by atomic mass is 32.2. The van der Waals surface area contributed by atoms with Gasteiger partial charge in [0.15, 0.2) is 15.0 Å². The summed E-state index contributed by atoms with van der Waals surface area (Å²) in [6.07, 6.45) is 4.22. The number of carbonyl (C=O) groups excluding carboxylic acids is 1. The van der Waals surface area contributed by atoms with Gasteiger partial charge < -0.3 is 15.0 Å². The molecule has 2 aromatic rings. The minimum Gasteiger partial charge on any atom is -0.497 e. The summed E-state index contributed by atoms with van der Waals surface area (Å²) >= 11 is 1.41. The van der Waals surface area contributed by atoms with Crippen molar-refractivity contribution in [3.8, 4) is 17.0 Å². The normalized spacial score (nSPS) is 15.6. The number of anilines is 1. The number of likely N-dealkylation sites (tertiary alicyclic amines) is 1. The molecule has 1 fully saturated rings. The fraction of sp³-hybridized carbons (Fsp3) is 0.565. The van der Waals surface area contributed by atoms with Gasteiger partial charge in [-0.05, 0) is 69.6 Å². The number of rotatable bonds is 11. The van der Waals surface area contributed by atoms with E-state index >= 15 is 0 Å². The van der Waals surface area contributed by atoms with Crippen LogP contribution in [0.25, 0.3) is 11.3 Å². The molecule has 0 bridgehead atoms. The molecular weight excluding hydrogens is 446 g/mol. The molecule has 0 radical (unpaired) electrons. The summed E-state index contributed by atoms with van der Waals surface area (Å²) in [7, 11) is -1.33. The van der Waals surface area contributed by atoms with Crippen molar-refractivity contribution in [2.75, 3.05) is 37.8 Å². The van der Waals surface area contributed by atoms with Gasteiger partial charge in [0.05, 0.1) is 23.8 Å². The number of thiazole rings is 1. The van der Waals surface area contributed by atoms with E-state index in [1.54, 1.807) is 7.11 Å². The van der Waals surface area contributed by atoms with Crippen molar-refractivity contribution in [2.24, 2.45) is 0 Å². The van der Waals surface area contributed by atoms with E-state index < -0.39 is 9.84 Å². The van der Waals surface area contributed by atoms with E-state index in [1.807, 2.05) is 36.6 Å². The Bertz CT molecular complexity index is 965. The lowest BCUT2D eigenvalue weighted by Gasteiger charge is -2.31. The highest BCUT2D eigenvalue weighted by Crippen LogP contribution is 2.26. The SMILES string of the molecule is CCCCS(=O)(=O)C1CCN(CCCC(=O)Nc2nc(-c3ccc(OC)cc3)cs2)CC1. The molecule has 1 aromatic carbocycles. The number of methoxy groups -OCH3 is 1. The molecule has 0 saturated carbocycles. The molecule has 1 amide bonds. The number of hydrogen-bond acceptors (Lipinski definition) is 7. The lowest BCUT2D eigenvalue weighted by molar-refractivity contribution is -0.116. The maximum absolute atomic E-state index is 12.4. The molecule has 2 heterocycles. The first-order chi connectivity index (χ1) is 15.4. The number of piperidine rings is 1. The van der Waals surface area contributed by atoms with Crippen LogP contribution in [-0.4, -0.2) is 62.0 Å². The second-order valence-electron chi connectivity index (χ2n) is 8.18. The van der Waals surface area contributed by atoms with Crippen LogP contribution in [0, 0.1) is 0 Å². The summed E-state index contributed by atoms with van der Waals surface area (Å²) in [6, 6.07) is 7.65. The van der Waals surface area contributed by atoms with Crippen molar-refractivity contribution in [3.63, 3.8) is 0 Å². The van der Waals surface area contributed by atoms with E-state index in [1.165, 1.54) is 11.3 Å². The first-order valence-corrected chi connectivity index (χ1v) is 13.8. The van der Waals surface area contributed by atoms with E-state index in [2.05, 4.69) is 15.2 Å². The van der Waals surface area contributed by atoms with Gasteiger partial charge in [-0.25, -0.2) is 13.4 Å². The van der Waals surface area contributed by atoms with Crippen molar-refractivity contribution >= 4 is 32.2 Å². The third-order valence-corrected chi connectivity index (χ3v) is 8.94. The van der Waals surface area contributed by atoms with Gasteiger partial charge in [0, 0.05) is 17.4 Å².